The van der Waals surface area contributed by atoms with Crippen molar-refractivity contribution in [1.29, 1.82) is 0 Å². The van der Waals surface area contributed by atoms with Gasteiger partial charge in [0.1, 0.15) is 5.82 Å². The summed E-state index contributed by atoms with van der Waals surface area (Å²) in [5.74, 6) is 1.64. The maximum Gasteiger partial charge on any atom is 0.276 e. The standard InChI is InChI=1S/C20H22N4O3/c25-20(22-15-6-8-17-18(12-15)27-13-26-17)16-7-9-19(24-23-16)21-11-10-14-4-2-1-3-5-14/h4,6-9,12H,1-3,5,10-11,13H2,(H,21,24)(H,22,25). The number of nitrogens with one attached hydrogen (secondary N) is 2. The van der Waals surface area contributed by atoms with E-state index in [1.165, 1.54) is 31.3 Å². The number of ether oxygens (including phenoxy) is 2. The molecule has 0 saturated heterocycles. The van der Waals surface area contributed by atoms with E-state index in [4.69, 9.17) is 9.47 Å². The molecule has 0 bridgehead atoms. The molecule has 7 heteroatoms. The van der Waals surface area contributed by atoms with Gasteiger partial charge in [0.15, 0.2) is 17.2 Å². The normalized spacial score (nSPS) is 15.2. The molecule has 2 N–H and O–H groups in total. The number of hydrogen-bond acceptors (Lipinski definition) is 6. The van der Waals surface area contributed by atoms with Crippen molar-refractivity contribution in [2.45, 2.75) is 32.1 Å². The van der Waals surface area contributed by atoms with Crippen molar-refractivity contribution in [3.63, 3.8) is 0 Å². The molecule has 4 rings (SSSR count). The molecule has 0 saturated carbocycles. The zero-order valence-electron chi connectivity index (χ0n) is 15.0. The lowest BCUT2D eigenvalue weighted by atomic mass is 9.97. The number of anilines is 2. The Bertz CT molecular complexity index is 849. The maximum atomic E-state index is 12.3. The molecular weight excluding hydrogens is 344 g/mol. The van der Waals surface area contributed by atoms with Crippen LogP contribution in [-0.2, 0) is 0 Å². The lowest BCUT2D eigenvalue weighted by Crippen LogP contribution is -2.15. The minimum atomic E-state index is -0.319. The number of benzene rings is 1. The summed E-state index contributed by atoms with van der Waals surface area (Å²) >= 11 is 0. The molecule has 1 aliphatic carbocycles. The van der Waals surface area contributed by atoms with Crippen LogP contribution in [0, 0.1) is 0 Å². The van der Waals surface area contributed by atoms with Crippen molar-refractivity contribution in [3.05, 3.63) is 47.7 Å². The summed E-state index contributed by atoms with van der Waals surface area (Å²) in [4.78, 5) is 12.3. The molecule has 1 aromatic carbocycles. The van der Waals surface area contributed by atoms with Gasteiger partial charge >= 0.3 is 0 Å². The molecule has 2 heterocycles. The van der Waals surface area contributed by atoms with E-state index >= 15 is 0 Å². The number of nitrogens with zero attached hydrogens (tertiary/aromatic N) is 2. The number of carbonyl (C=O) groups excluding carboxylic acids is 1. The van der Waals surface area contributed by atoms with Gasteiger partial charge in [-0.2, -0.15) is 0 Å². The van der Waals surface area contributed by atoms with Crippen LogP contribution in [0.4, 0.5) is 11.5 Å². The van der Waals surface area contributed by atoms with Crippen molar-refractivity contribution in [2.75, 3.05) is 24.0 Å². The Morgan fingerprint density at radius 1 is 1.07 bits per heavy atom. The largest absolute Gasteiger partial charge is 0.454 e. The number of allylic oxidation sites excluding steroid dienone is 1. The highest BCUT2D eigenvalue weighted by molar-refractivity contribution is 6.02. The van der Waals surface area contributed by atoms with E-state index in [1.807, 2.05) is 0 Å². The van der Waals surface area contributed by atoms with Crippen molar-refractivity contribution >= 4 is 17.4 Å². The van der Waals surface area contributed by atoms with Crippen LogP contribution in [0.15, 0.2) is 42.0 Å². The second-order valence-corrected chi connectivity index (χ2v) is 6.61. The first-order valence-corrected chi connectivity index (χ1v) is 9.24. The second-order valence-electron chi connectivity index (χ2n) is 6.61. The smallest absolute Gasteiger partial charge is 0.276 e. The maximum absolute atomic E-state index is 12.3. The Kier molecular flexibility index (Phi) is 5.18. The molecule has 1 aromatic heterocycles. The number of hydrogen-bond donors (Lipinski definition) is 2. The van der Waals surface area contributed by atoms with Gasteiger partial charge in [-0.1, -0.05) is 11.6 Å². The Morgan fingerprint density at radius 3 is 2.81 bits per heavy atom. The predicted molar refractivity (Wildman–Crippen MR) is 102 cm³/mol. The highest BCUT2D eigenvalue weighted by atomic mass is 16.7. The fourth-order valence-corrected chi connectivity index (χ4v) is 3.20. The third-order valence-electron chi connectivity index (χ3n) is 4.66. The van der Waals surface area contributed by atoms with E-state index in [0.29, 0.717) is 23.0 Å². The van der Waals surface area contributed by atoms with E-state index in [0.717, 1.165) is 13.0 Å². The third kappa shape index (κ3) is 4.36. The predicted octanol–water partition coefficient (Wildman–Crippen LogP) is 3.76. The van der Waals surface area contributed by atoms with Crippen LogP contribution in [-0.4, -0.2) is 29.4 Å². The van der Waals surface area contributed by atoms with Crippen LogP contribution < -0.4 is 20.1 Å². The topological polar surface area (TPSA) is 85.4 Å². The van der Waals surface area contributed by atoms with Crippen LogP contribution in [0.3, 0.4) is 0 Å². The molecule has 2 aromatic rings. The molecular formula is C20H22N4O3. The van der Waals surface area contributed by atoms with Gasteiger partial charge in [0.05, 0.1) is 0 Å². The number of rotatable bonds is 6. The lowest BCUT2D eigenvalue weighted by molar-refractivity contribution is 0.102. The summed E-state index contributed by atoms with van der Waals surface area (Å²) < 4.78 is 10.6. The van der Waals surface area contributed by atoms with Crippen LogP contribution in [0.5, 0.6) is 11.5 Å². The van der Waals surface area contributed by atoms with Crippen molar-refractivity contribution in [2.24, 2.45) is 0 Å². The van der Waals surface area contributed by atoms with Crippen molar-refractivity contribution in [1.82, 2.24) is 10.2 Å². The van der Waals surface area contributed by atoms with Gasteiger partial charge < -0.3 is 20.1 Å². The van der Waals surface area contributed by atoms with Gasteiger partial charge in [-0.05, 0) is 56.4 Å². The highest BCUT2D eigenvalue weighted by Gasteiger charge is 2.15. The highest BCUT2D eigenvalue weighted by Crippen LogP contribution is 2.34. The molecule has 27 heavy (non-hydrogen) atoms. The molecule has 0 radical (unpaired) electrons. The molecule has 1 aliphatic heterocycles. The first-order chi connectivity index (χ1) is 13.3. The van der Waals surface area contributed by atoms with E-state index in [-0.39, 0.29) is 18.4 Å². The monoisotopic (exact) mass is 366 g/mol. The van der Waals surface area contributed by atoms with Crippen LogP contribution >= 0.6 is 0 Å². The molecule has 0 fully saturated rings. The molecule has 1 amide bonds. The summed E-state index contributed by atoms with van der Waals surface area (Å²) in [6.07, 6.45) is 8.36. The van der Waals surface area contributed by atoms with E-state index in [1.54, 1.807) is 30.3 Å². The average Bonchev–Trinajstić information content (AvgIpc) is 3.17. The lowest BCUT2D eigenvalue weighted by Gasteiger charge is -2.13. The van der Waals surface area contributed by atoms with Gasteiger partial charge in [-0.25, -0.2) is 0 Å². The Labute approximate surface area is 157 Å². The number of fused-ring (bicyclic) bond motifs is 1. The van der Waals surface area contributed by atoms with Gasteiger partial charge in [-0.3, -0.25) is 4.79 Å². The van der Waals surface area contributed by atoms with Gasteiger partial charge in [-0.15, -0.1) is 10.2 Å². The van der Waals surface area contributed by atoms with Gasteiger partial charge in [0, 0.05) is 18.3 Å². The summed E-state index contributed by atoms with van der Waals surface area (Å²) in [6, 6.07) is 8.69. The van der Waals surface area contributed by atoms with Crippen LogP contribution in [0.25, 0.3) is 0 Å². The first kappa shape index (κ1) is 17.3. The molecule has 0 atom stereocenters. The third-order valence-corrected chi connectivity index (χ3v) is 4.66. The molecule has 0 unspecified atom stereocenters. The van der Waals surface area contributed by atoms with Crippen molar-refractivity contribution < 1.29 is 14.3 Å². The molecule has 7 nitrogen and oxygen atoms in total. The fraction of sp³-hybridized carbons (Fsp3) is 0.350. The number of aromatic nitrogens is 2. The first-order valence-electron chi connectivity index (χ1n) is 9.24. The molecule has 0 spiro atoms. The quantitative estimate of drug-likeness (QED) is 0.757. The average molecular weight is 366 g/mol. The Morgan fingerprint density at radius 2 is 2.00 bits per heavy atom. The number of carbonyl (C=O) groups is 1. The van der Waals surface area contributed by atoms with Crippen molar-refractivity contribution in [3.8, 4) is 11.5 Å². The zero-order valence-corrected chi connectivity index (χ0v) is 15.0. The van der Waals surface area contributed by atoms with E-state index in [9.17, 15) is 4.79 Å². The molecule has 140 valence electrons. The fourth-order valence-electron chi connectivity index (χ4n) is 3.20. The Hall–Kier alpha value is -3.09. The number of amides is 1. The SMILES string of the molecule is O=C(Nc1ccc2c(c1)OCO2)c1ccc(NCCC2=CCCCC2)nn1. The Balaban J connectivity index is 1.30. The van der Waals surface area contributed by atoms with Crippen LogP contribution in [0.2, 0.25) is 0 Å². The second kappa shape index (κ2) is 8.07. The summed E-state index contributed by atoms with van der Waals surface area (Å²) in [7, 11) is 0. The van der Waals surface area contributed by atoms with Gasteiger partial charge in [0.2, 0.25) is 6.79 Å². The minimum Gasteiger partial charge on any atom is -0.454 e. The van der Waals surface area contributed by atoms with Gasteiger partial charge in [0.25, 0.3) is 5.91 Å². The summed E-state index contributed by atoms with van der Waals surface area (Å²) in [5.41, 5.74) is 2.39. The minimum absolute atomic E-state index is 0.198. The molecule has 2 aliphatic rings. The summed E-state index contributed by atoms with van der Waals surface area (Å²) in [5, 5.41) is 14.2. The zero-order chi connectivity index (χ0) is 18.5. The van der Waals surface area contributed by atoms with E-state index < -0.39 is 0 Å². The van der Waals surface area contributed by atoms with E-state index in [2.05, 4.69) is 26.9 Å². The summed E-state index contributed by atoms with van der Waals surface area (Å²) in [6.45, 7) is 1.02. The van der Waals surface area contributed by atoms with Crippen LogP contribution in [0.1, 0.15) is 42.6 Å².